The van der Waals surface area contributed by atoms with Crippen molar-refractivity contribution in [3.8, 4) is 17.2 Å². The molecule has 1 amide bonds. The summed E-state index contributed by atoms with van der Waals surface area (Å²) in [4.78, 5) is 14.6. The molecule has 7 nitrogen and oxygen atoms in total. The highest BCUT2D eigenvalue weighted by Gasteiger charge is 2.22. The maximum atomic E-state index is 12.3. The minimum Gasteiger partial charge on any atom is -0.493 e. The molecule has 2 aromatic carbocycles. The fraction of sp³-hybridized carbons (Fsp3) is 0.348. The Kier molecular flexibility index (Phi) is 7.19. The number of nitrogens with one attached hydrogen (secondary N) is 1. The zero-order valence-corrected chi connectivity index (χ0v) is 17.8. The van der Waals surface area contributed by atoms with Crippen LogP contribution in [-0.2, 0) is 9.53 Å². The van der Waals surface area contributed by atoms with Gasteiger partial charge >= 0.3 is 0 Å². The summed E-state index contributed by atoms with van der Waals surface area (Å²) in [5, 5.41) is 2.87. The predicted molar refractivity (Wildman–Crippen MR) is 118 cm³/mol. The van der Waals surface area contributed by atoms with E-state index >= 15 is 0 Å². The maximum absolute atomic E-state index is 12.3. The smallest absolute Gasteiger partial charge is 0.248 e. The highest BCUT2D eigenvalue weighted by Crippen LogP contribution is 2.38. The van der Waals surface area contributed by atoms with E-state index in [0.717, 1.165) is 36.4 Å². The van der Waals surface area contributed by atoms with Crippen molar-refractivity contribution >= 4 is 23.4 Å². The average molecular weight is 412 g/mol. The van der Waals surface area contributed by atoms with Gasteiger partial charge in [-0.1, -0.05) is 0 Å². The van der Waals surface area contributed by atoms with Crippen LogP contribution in [0.25, 0.3) is 6.08 Å². The van der Waals surface area contributed by atoms with Gasteiger partial charge in [0.25, 0.3) is 0 Å². The van der Waals surface area contributed by atoms with Crippen molar-refractivity contribution in [3.05, 3.63) is 48.0 Å². The number of anilines is 2. The van der Waals surface area contributed by atoms with E-state index in [1.807, 2.05) is 24.3 Å². The first-order valence-corrected chi connectivity index (χ1v) is 9.74. The topological polar surface area (TPSA) is 69.3 Å². The van der Waals surface area contributed by atoms with Crippen LogP contribution in [0.15, 0.2) is 42.5 Å². The van der Waals surface area contributed by atoms with Gasteiger partial charge < -0.3 is 29.2 Å². The maximum Gasteiger partial charge on any atom is 0.248 e. The van der Waals surface area contributed by atoms with Gasteiger partial charge in [0.1, 0.15) is 0 Å². The van der Waals surface area contributed by atoms with Crippen molar-refractivity contribution in [3.63, 3.8) is 0 Å². The molecule has 1 heterocycles. The SMILES string of the molecule is COc1cc(/C=C/C(=O)Nc2ccc(N3CCC(OC)C3)cc2)cc(OC)c1OC. The molecule has 1 N–H and O–H groups in total. The van der Waals surface area contributed by atoms with Gasteiger partial charge in [0.05, 0.1) is 27.4 Å². The molecule has 30 heavy (non-hydrogen) atoms. The number of carbonyl (C=O) groups excluding carboxylic acids is 1. The monoisotopic (exact) mass is 412 g/mol. The minimum atomic E-state index is -0.225. The molecule has 1 fully saturated rings. The molecule has 160 valence electrons. The van der Waals surface area contributed by atoms with Crippen LogP contribution < -0.4 is 24.4 Å². The number of hydrogen-bond acceptors (Lipinski definition) is 6. The lowest BCUT2D eigenvalue weighted by Gasteiger charge is -2.18. The standard InChI is InChI=1S/C23H28N2O5/c1-27-19-11-12-25(15-19)18-8-6-17(7-9-18)24-22(26)10-5-16-13-20(28-2)23(30-4)21(14-16)29-3/h5-10,13-14,19H,11-12,15H2,1-4H3,(H,24,26)/b10-5+. The first kappa shape index (κ1) is 21.5. The summed E-state index contributed by atoms with van der Waals surface area (Å²) < 4.78 is 21.4. The van der Waals surface area contributed by atoms with Gasteiger partial charge in [-0.3, -0.25) is 4.79 Å². The van der Waals surface area contributed by atoms with Gasteiger partial charge in [-0.25, -0.2) is 0 Å². The van der Waals surface area contributed by atoms with Gasteiger partial charge in [0.2, 0.25) is 11.7 Å². The Morgan fingerprint density at radius 2 is 1.70 bits per heavy atom. The molecule has 0 spiro atoms. The summed E-state index contributed by atoms with van der Waals surface area (Å²) in [6, 6.07) is 11.4. The first-order chi connectivity index (χ1) is 14.6. The fourth-order valence-corrected chi connectivity index (χ4v) is 3.46. The quantitative estimate of drug-likeness (QED) is 0.669. The van der Waals surface area contributed by atoms with Crippen LogP contribution in [-0.4, -0.2) is 53.5 Å². The second-order valence-electron chi connectivity index (χ2n) is 6.92. The van der Waals surface area contributed by atoms with E-state index < -0.39 is 0 Å². The number of nitrogens with zero attached hydrogens (tertiary/aromatic N) is 1. The third kappa shape index (κ3) is 5.04. The van der Waals surface area contributed by atoms with E-state index in [4.69, 9.17) is 18.9 Å². The van der Waals surface area contributed by atoms with Crippen LogP contribution in [0.3, 0.4) is 0 Å². The Labute approximate surface area is 177 Å². The summed E-state index contributed by atoms with van der Waals surface area (Å²) in [6.07, 6.45) is 4.48. The van der Waals surface area contributed by atoms with Crippen LogP contribution in [0.2, 0.25) is 0 Å². The third-order valence-electron chi connectivity index (χ3n) is 5.09. The molecule has 1 aliphatic heterocycles. The summed E-state index contributed by atoms with van der Waals surface area (Å²) in [5.74, 6) is 1.35. The van der Waals surface area contributed by atoms with E-state index in [0.29, 0.717) is 17.2 Å². The van der Waals surface area contributed by atoms with Crippen molar-refractivity contribution in [2.24, 2.45) is 0 Å². The molecule has 1 unspecified atom stereocenters. The second kappa shape index (κ2) is 10.0. The van der Waals surface area contributed by atoms with Crippen molar-refractivity contribution in [2.45, 2.75) is 12.5 Å². The van der Waals surface area contributed by atoms with Gasteiger partial charge in [-0.2, -0.15) is 0 Å². The Bertz CT molecular complexity index is 870. The minimum absolute atomic E-state index is 0.225. The summed E-state index contributed by atoms with van der Waals surface area (Å²) in [5.41, 5.74) is 2.62. The van der Waals surface area contributed by atoms with Crippen LogP contribution >= 0.6 is 0 Å². The zero-order valence-electron chi connectivity index (χ0n) is 17.8. The molecule has 0 aromatic heterocycles. The van der Waals surface area contributed by atoms with Gasteiger partial charge in [-0.05, 0) is 54.5 Å². The second-order valence-corrected chi connectivity index (χ2v) is 6.92. The molecule has 2 aromatic rings. The number of methoxy groups -OCH3 is 4. The van der Waals surface area contributed by atoms with E-state index in [2.05, 4.69) is 10.2 Å². The molecular formula is C23H28N2O5. The van der Waals surface area contributed by atoms with Crippen molar-refractivity contribution in [1.29, 1.82) is 0 Å². The molecule has 0 saturated carbocycles. The van der Waals surface area contributed by atoms with E-state index in [1.54, 1.807) is 46.6 Å². The molecule has 0 aliphatic carbocycles. The Morgan fingerprint density at radius 3 is 2.23 bits per heavy atom. The van der Waals surface area contributed by atoms with Crippen molar-refractivity contribution < 1.29 is 23.7 Å². The zero-order chi connectivity index (χ0) is 21.5. The molecule has 1 atom stereocenters. The molecular weight excluding hydrogens is 384 g/mol. The molecule has 1 saturated heterocycles. The van der Waals surface area contributed by atoms with Crippen molar-refractivity contribution in [1.82, 2.24) is 0 Å². The largest absolute Gasteiger partial charge is 0.493 e. The number of hydrogen-bond donors (Lipinski definition) is 1. The van der Waals surface area contributed by atoms with E-state index in [-0.39, 0.29) is 12.0 Å². The molecule has 0 radical (unpaired) electrons. The summed E-state index contributed by atoms with van der Waals surface area (Å²) in [7, 11) is 6.41. The molecule has 7 heteroatoms. The highest BCUT2D eigenvalue weighted by atomic mass is 16.5. The number of carbonyl (C=O) groups is 1. The number of ether oxygens (including phenoxy) is 4. The lowest BCUT2D eigenvalue weighted by molar-refractivity contribution is -0.111. The normalized spacial score (nSPS) is 16.0. The van der Waals surface area contributed by atoms with Crippen molar-refractivity contribution in [2.75, 3.05) is 51.7 Å². The van der Waals surface area contributed by atoms with Gasteiger partial charge in [0, 0.05) is 37.7 Å². The average Bonchev–Trinajstić information content (AvgIpc) is 3.26. The fourth-order valence-electron chi connectivity index (χ4n) is 3.46. The number of rotatable bonds is 8. The van der Waals surface area contributed by atoms with E-state index in [9.17, 15) is 4.79 Å². The van der Waals surface area contributed by atoms with E-state index in [1.165, 1.54) is 6.08 Å². The Morgan fingerprint density at radius 1 is 1.03 bits per heavy atom. The van der Waals surface area contributed by atoms with Crippen LogP contribution in [0, 0.1) is 0 Å². The number of benzene rings is 2. The summed E-state index contributed by atoms with van der Waals surface area (Å²) >= 11 is 0. The summed E-state index contributed by atoms with van der Waals surface area (Å²) in [6.45, 7) is 1.86. The van der Waals surface area contributed by atoms with Gasteiger partial charge in [0.15, 0.2) is 11.5 Å². The molecule has 3 rings (SSSR count). The molecule has 1 aliphatic rings. The van der Waals surface area contributed by atoms with Crippen LogP contribution in [0.4, 0.5) is 11.4 Å². The predicted octanol–water partition coefficient (Wildman–Crippen LogP) is 3.59. The third-order valence-corrected chi connectivity index (χ3v) is 5.09. The Balaban J connectivity index is 1.63. The highest BCUT2D eigenvalue weighted by molar-refractivity contribution is 6.02. The molecule has 0 bridgehead atoms. The van der Waals surface area contributed by atoms with Crippen LogP contribution in [0.1, 0.15) is 12.0 Å². The van der Waals surface area contributed by atoms with Crippen LogP contribution in [0.5, 0.6) is 17.2 Å². The Hall–Kier alpha value is -3.19. The lowest BCUT2D eigenvalue weighted by atomic mass is 10.1. The van der Waals surface area contributed by atoms with Gasteiger partial charge in [-0.15, -0.1) is 0 Å². The first-order valence-electron chi connectivity index (χ1n) is 9.74. The lowest BCUT2D eigenvalue weighted by Crippen LogP contribution is -2.22. The number of amides is 1.